The number of hydrogen-bond acceptors (Lipinski definition) is 14. The number of rotatable bonds is 14. The van der Waals surface area contributed by atoms with E-state index in [0.717, 1.165) is 27.8 Å². The molecule has 2 saturated heterocycles. The summed E-state index contributed by atoms with van der Waals surface area (Å²) >= 11 is 0. The summed E-state index contributed by atoms with van der Waals surface area (Å²) in [5, 5.41) is 15.2. The van der Waals surface area contributed by atoms with Gasteiger partial charge in [-0.3, -0.25) is 38.5 Å². The summed E-state index contributed by atoms with van der Waals surface area (Å²) in [6, 6.07) is 32.4. The Bertz CT molecular complexity index is 2830. The molecule has 21 heteroatoms. The molecule has 7 aromatic rings. The number of aromatic nitrogens is 6. The third-order valence-corrected chi connectivity index (χ3v) is 11.3. The van der Waals surface area contributed by atoms with Crippen molar-refractivity contribution in [3.8, 4) is 11.4 Å². The maximum absolute atomic E-state index is 13.5. The number of pyridine rings is 2. The van der Waals surface area contributed by atoms with Crippen LogP contribution in [-0.2, 0) is 59.0 Å². The molecule has 1 radical (unpaired) electrons. The zero-order valence-electron chi connectivity index (χ0n) is 36.3. The third kappa shape index (κ3) is 13.5. The largest absolute Gasteiger partial charge is 0.748 e. The number of nitrogens with one attached hydrogen (secondary N) is 2. The Balaban J connectivity index is 0.000000266. The molecule has 0 aliphatic carbocycles. The van der Waals surface area contributed by atoms with Crippen LogP contribution in [0.15, 0.2) is 128 Å². The summed E-state index contributed by atoms with van der Waals surface area (Å²) in [6.07, 6.45) is 12.0. The zero-order valence-corrected chi connectivity index (χ0v) is 39.6. The fraction of sp³-hybridized carbons (Fsp3) is 0.255. The molecular weight excluding hydrogens is 1070 g/mol. The van der Waals surface area contributed by atoms with Crippen molar-refractivity contribution in [3.63, 3.8) is 0 Å². The van der Waals surface area contributed by atoms with Crippen molar-refractivity contribution in [2.24, 2.45) is 0 Å². The molecule has 0 spiro atoms. The van der Waals surface area contributed by atoms with Crippen LogP contribution >= 0.6 is 0 Å². The first-order valence-corrected chi connectivity index (χ1v) is 22.9. The van der Waals surface area contributed by atoms with Crippen LogP contribution in [-0.4, -0.2) is 108 Å². The van der Waals surface area contributed by atoms with Crippen molar-refractivity contribution in [1.82, 2.24) is 45.2 Å². The minimum Gasteiger partial charge on any atom is -0.748 e. The zero-order chi connectivity index (χ0) is 47.2. The molecule has 2 aliphatic rings. The molecule has 2 atom stereocenters. The van der Waals surface area contributed by atoms with E-state index in [4.69, 9.17) is 4.84 Å². The summed E-state index contributed by atoms with van der Waals surface area (Å²) in [6.45, 7) is 0.524. The van der Waals surface area contributed by atoms with Gasteiger partial charge in [-0.1, -0.05) is 12.1 Å². The molecule has 2 fully saturated rings. The van der Waals surface area contributed by atoms with Crippen LogP contribution in [0.25, 0.3) is 33.2 Å². The number of hydrogen-bond donors (Lipinski definition) is 2. The van der Waals surface area contributed by atoms with Gasteiger partial charge in [-0.05, 0) is 67.4 Å². The van der Waals surface area contributed by atoms with Crippen LogP contribution in [0.2, 0.25) is 0 Å². The molecule has 4 aromatic heterocycles. The van der Waals surface area contributed by atoms with E-state index in [2.05, 4.69) is 42.9 Å². The number of unbranched alkanes of at least 4 members (excludes halogenated alkanes) is 1. The van der Waals surface area contributed by atoms with Crippen LogP contribution in [0.4, 0.5) is 5.69 Å². The molecule has 68 heavy (non-hydrogen) atoms. The Morgan fingerprint density at radius 2 is 1.46 bits per heavy atom. The molecule has 0 bridgehead atoms. The number of amides is 4. The molecule has 3 aromatic carbocycles. The molecule has 4 amide bonds. The first kappa shape index (κ1) is 50.2. The van der Waals surface area contributed by atoms with Gasteiger partial charge in [-0.25, -0.2) is 13.2 Å². The summed E-state index contributed by atoms with van der Waals surface area (Å²) in [7, 11) is -4.90. The minimum absolute atomic E-state index is 0. The number of anilines is 1. The molecule has 0 saturated carbocycles. The molecule has 9 rings (SSSR count). The van der Waals surface area contributed by atoms with Crippen molar-refractivity contribution in [3.05, 3.63) is 140 Å². The van der Waals surface area contributed by atoms with Crippen LogP contribution in [0.3, 0.4) is 0 Å². The Morgan fingerprint density at radius 1 is 0.794 bits per heavy atom. The fourth-order valence-corrected chi connectivity index (χ4v) is 8.03. The average molecular weight is 1120 g/mol. The molecule has 6 heterocycles. The normalized spacial score (nSPS) is 14.8. The smallest absolute Gasteiger partial charge is 0.333 e. The predicted octanol–water partition coefficient (Wildman–Crippen LogP) is 4.02. The summed E-state index contributed by atoms with van der Waals surface area (Å²) in [5.41, 5.74) is 4.05. The molecule has 355 valence electrons. The first-order valence-electron chi connectivity index (χ1n) is 21.4. The standard InChI is InChI=1S/C29H32N6O9S.2C9H7N2.Ir/c36-23-10-11-24(37)35(23)44-25(38)7-1-2-13-32-28(39)20(17-45(41,42)43)33-29(40)22-6-4-16-34(22)21-12-15-31-27-19(21)9-8-18-5-3-14-30-26(18)27;2*1-2-5-9(6-3-1)11-8-4-7-10-11;/h3,5,8-9,12,14-15,20,22H,1-2,4,6-7,10-11,13,16-17H2,(H,32,39)(H,33,40)(H,41,42,43);2*1-5,7-8H;/q;2*-1;/p-1. The van der Waals surface area contributed by atoms with E-state index in [1.165, 1.54) is 0 Å². The molecule has 2 N–H and O–H groups in total. The SMILES string of the molecule is O=C(CCCCNC(=O)C(CS(=O)(=O)[O-])NC(=O)C1CCCN1c1ccnc2c1ccc1cccnc12)ON1C(=O)CCC1=O.[Ir].[c-]1ccccc1-n1cccn1.[c-]1ccccc1-n1cccn1. The van der Waals surface area contributed by atoms with Gasteiger partial charge in [0.15, 0.2) is 0 Å². The predicted molar refractivity (Wildman–Crippen MR) is 243 cm³/mol. The Hall–Kier alpha value is -7.19. The van der Waals surface area contributed by atoms with Gasteiger partial charge < -0.3 is 24.9 Å². The third-order valence-electron chi connectivity index (χ3n) is 10.5. The van der Waals surface area contributed by atoms with Crippen molar-refractivity contribution in [1.29, 1.82) is 0 Å². The summed E-state index contributed by atoms with van der Waals surface area (Å²) < 4.78 is 38.4. The van der Waals surface area contributed by atoms with Gasteiger partial charge in [-0.15, -0.1) is 17.2 Å². The van der Waals surface area contributed by atoms with Gasteiger partial charge in [0.2, 0.25) is 11.8 Å². The van der Waals surface area contributed by atoms with Crippen LogP contribution in [0.5, 0.6) is 0 Å². The van der Waals surface area contributed by atoms with Gasteiger partial charge in [-0.2, -0.15) is 58.7 Å². The molecular formula is C47H45IrN10O9S-3. The van der Waals surface area contributed by atoms with E-state index in [-0.39, 0.29) is 58.8 Å². The number of nitrogens with zero attached hydrogens (tertiary/aromatic N) is 8. The van der Waals surface area contributed by atoms with E-state index in [1.54, 1.807) is 40.2 Å². The topological polar surface area (TPSA) is 244 Å². The second kappa shape index (κ2) is 24.0. The minimum atomic E-state index is -4.90. The first-order chi connectivity index (χ1) is 32.4. The van der Waals surface area contributed by atoms with E-state index >= 15 is 0 Å². The Kier molecular flexibility index (Phi) is 17.7. The number of para-hydroxylation sites is 2. The van der Waals surface area contributed by atoms with E-state index in [1.807, 2.05) is 102 Å². The van der Waals surface area contributed by atoms with E-state index in [0.29, 0.717) is 35.5 Å². The second-order valence-corrected chi connectivity index (χ2v) is 16.6. The molecule has 19 nitrogen and oxygen atoms in total. The van der Waals surface area contributed by atoms with Crippen molar-refractivity contribution in [2.45, 2.75) is 57.0 Å². The van der Waals surface area contributed by atoms with Gasteiger partial charge in [0, 0.05) is 106 Å². The molecule has 2 aliphatic heterocycles. The quantitative estimate of drug-likeness (QED) is 0.0514. The average Bonchev–Trinajstić information content (AvgIpc) is 4.20. The van der Waals surface area contributed by atoms with E-state index in [9.17, 15) is 36.9 Å². The van der Waals surface area contributed by atoms with Crippen LogP contribution in [0, 0.1) is 12.1 Å². The number of fused-ring (bicyclic) bond motifs is 3. The van der Waals surface area contributed by atoms with Gasteiger partial charge in [0.1, 0.15) is 12.1 Å². The number of hydroxylamine groups is 2. The van der Waals surface area contributed by atoms with Crippen LogP contribution in [0.1, 0.15) is 44.9 Å². The fourth-order valence-electron chi connectivity index (χ4n) is 7.38. The Morgan fingerprint density at radius 3 is 2.06 bits per heavy atom. The summed E-state index contributed by atoms with van der Waals surface area (Å²) in [5.74, 6) is -4.59. The number of carbonyl (C=O) groups excluding carboxylic acids is 5. The Labute approximate surface area is 404 Å². The monoisotopic (exact) mass is 1120 g/mol. The molecule has 2 unspecified atom stereocenters. The van der Waals surface area contributed by atoms with E-state index < -0.39 is 57.6 Å². The van der Waals surface area contributed by atoms with Crippen LogP contribution < -0.4 is 15.5 Å². The summed E-state index contributed by atoms with van der Waals surface area (Å²) in [4.78, 5) is 77.0. The number of benzene rings is 3. The van der Waals surface area contributed by atoms with Gasteiger partial charge in [0.25, 0.3) is 11.8 Å². The van der Waals surface area contributed by atoms with Gasteiger partial charge >= 0.3 is 5.97 Å². The van der Waals surface area contributed by atoms with Gasteiger partial charge in [0.05, 0.1) is 26.9 Å². The van der Waals surface area contributed by atoms with Crippen molar-refractivity contribution in [2.75, 3.05) is 23.7 Å². The maximum Gasteiger partial charge on any atom is 0.333 e. The van der Waals surface area contributed by atoms with Crippen molar-refractivity contribution < 1.29 is 61.9 Å². The van der Waals surface area contributed by atoms with Crippen molar-refractivity contribution >= 4 is 67.2 Å². The number of imide groups is 1. The number of carbonyl (C=O) groups is 5. The second-order valence-electron chi connectivity index (χ2n) is 15.2. The maximum atomic E-state index is 13.5.